The summed E-state index contributed by atoms with van der Waals surface area (Å²) in [7, 11) is 1.63. The third kappa shape index (κ3) is 1.23. The Morgan fingerprint density at radius 2 is 2.46 bits per heavy atom. The second-order valence-electron chi connectivity index (χ2n) is 2.73. The molecule has 2 aromatic heterocycles. The largest absolute Gasteiger partial charge is 0.397 e. The molecule has 68 valence electrons. The van der Waals surface area contributed by atoms with E-state index in [9.17, 15) is 0 Å². The number of ether oxygens (including phenoxy) is 1. The first-order chi connectivity index (χ1) is 6.33. The van der Waals surface area contributed by atoms with Crippen LogP contribution in [0.5, 0.6) is 0 Å². The predicted octanol–water partition coefficient (Wildman–Crippen LogP) is 0.617. The van der Waals surface area contributed by atoms with Crippen LogP contribution >= 0.6 is 0 Å². The Bertz CT molecular complexity index is 423. The molecule has 0 aliphatic rings. The molecule has 0 saturated carbocycles. The molecule has 0 saturated heterocycles. The topological polar surface area (TPSA) is 66.0 Å². The Balaban J connectivity index is 2.63. The second-order valence-corrected chi connectivity index (χ2v) is 2.73. The van der Waals surface area contributed by atoms with Crippen molar-refractivity contribution in [2.75, 3.05) is 12.8 Å². The molecule has 0 spiro atoms. The predicted molar refractivity (Wildman–Crippen MR) is 48.9 cm³/mol. The van der Waals surface area contributed by atoms with Gasteiger partial charge in [0.15, 0.2) is 0 Å². The molecule has 0 radical (unpaired) electrons. The van der Waals surface area contributed by atoms with Gasteiger partial charge < -0.3 is 15.0 Å². The van der Waals surface area contributed by atoms with Crippen LogP contribution in [-0.4, -0.2) is 21.6 Å². The van der Waals surface area contributed by atoms with E-state index in [0.29, 0.717) is 12.4 Å². The van der Waals surface area contributed by atoms with Crippen molar-refractivity contribution in [1.82, 2.24) is 14.5 Å². The van der Waals surface area contributed by atoms with Crippen LogP contribution in [0.2, 0.25) is 0 Å². The zero-order valence-electron chi connectivity index (χ0n) is 7.27. The van der Waals surface area contributed by atoms with Gasteiger partial charge in [-0.25, -0.2) is 9.97 Å². The molecule has 0 bridgehead atoms. The molecule has 5 heteroatoms. The van der Waals surface area contributed by atoms with E-state index in [2.05, 4.69) is 9.97 Å². The number of nitrogens with two attached hydrogens (primary N) is 1. The first kappa shape index (κ1) is 8.00. The first-order valence-electron chi connectivity index (χ1n) is 3.86. The van der Waals surface area contributed by atoms with Crippen molar-refractivity contribution in [1.29, 1.82) is 0 Å². The number of nitrogen functional groups attached to an aromatic ring is 1. The van der Waals surface area contributed by atoms with E-state index >= 15 is 0 Å². The minimum Gasteiger partial charge on any atom is -0.397 e. The first-order valence-corrected chi connectivity index (χ1v) is 3.86. The van der Waals surface area contributed by atoms with E-state index in [4.69, 9.17) is 10.5 Å². The summed E-state index contributed by atoms with van der Waals surface area (Å²) in [4.78, 5) is 8.01. The fraction of sp³-hybridized carbons (Fsp3) is 0.250. The van der Waals surface area contributed by atoms with Crippen molar-refractivity contribution >= 4 is 16.7 Å². The highest BCUT2D eigenvalue weighted by molar-refractivity contribution is 5.88. The average molecular weight is 178 g/mol. The summed E-state index contributed by atoms with van der Waals surface area (Å²) >= 11 is 0. The van der Waals surface area contributed by atoms with Gasteiger partial charge in [-0.3, -0.25) is 0 Å². The van der Waals surface area contributed by atoms with Crippen LogP contribution in [0, 0.1) is 0 Å². The number of rotatable bonds is 2. The van der Waals surface area contributed by atoms with Crippen LogP contribution in [0.4, 0.5) is 5.69 Å². The molecule has 2 heterocycles. The summed E-state index contributed by atoms with van der Waals surface area (Å²) in [6.07, 6.45) is 4.99. The Kier molecular flexibility index (Phi) is 1.86. The second kappa shape index (κ2) is 3.02. The SMILES string of the molecule is COCn1cc(N)c2cncnc21. The molecular weight excluding hydrogens is 168 g/mol. The highest BCUT2D eigenvalue weighted by atomic mass is 16.5. The zero-order chi connectivity index (χ0) is 9.26. The molecule has 13 heavy (non-hydrogen) atoms. The van der Waals surface area contributed by atoms with Crippen LogP contribution in [0.25, 0.3) is 11.0 Å². The smallest absolute Gasteiger partial charge is 0.147 e. The normalized spacial score (nSPS) is 10.8. The van der Waals surface area contributed by atoms with Gasteiger partial charge >= 0.3 is 0 Å². The van der Waals surface area contributed by atoms with Gasteiger partial charge in [-0.05, 0) is 0 Å². The molecule has 0 unspecified atom stereocenters. The van der Waals surface area contributed by atoms with Gasteiger partial charge in [0.1, 0.15) is 18.7 Å². The molecular formula is C8H10N4O. The number of nitrogens with zero attached hydrogens (tertiary/aromatic N) is 3. The number of methoxy groups -OCH3 is 1. The Morgan fingerprint density at radius 3 is 3.23 bits per heavy atom. The number of fused-ring (bicyclic) bond motifs is 1. The van der Waals surface area contributed by atoms with Gasteiger partial charge in [0.2, 0.25) is 0 Å². The average Bonchev–Trinajstić information content (AvgIpc) is 2.46. The van der Waals surface area contributed by atoms with Gasteiger partial charge in [-0.1, -0.05) is 0 Å². The maximum Gasteiger partial charge on any atom is 0.147 e. The summed E-state index contributed by atoms with van der Waals surface area (Å²) in [5.41, 5.74) is 7.22. The van der Waals surface area contributed by atoms with E-state index in [-0.39, 0.29) is 0 Å². The van der Waals surface area contributed by atoms with Crippen molar-refractivity contribution < 1.29 is 4.74 Å². The molecule has 0 aliphatic carbocycles. The summed E-state index contributed by atoms with van der Waals surface area (Å²) in [5, 5.41) is 0.861. The summed E-state index contributed by atoms with van der Waals surface area (Å²) in [6.45, 7) is 0.449. The lowest BCUT2D eigenvalue weighted by atomic mass is 10.4. The van der Waals surface area contributed by atoms with Crippen LogP contribution < -0.4 is 5.73 Å². The number of hydrogen-bond donors (Lipinski definition) is 1. The lowest BCUT2D eigenvalue weighted by Gasteiger charge is -2.00. The zero-order valence-corrected chi connectivity index (χ0v) is 7.27. The molecule has 0 fully saturated rings. The van der Waals surface area contributed by atoms with Crippen LogP contribution in [0.1, 0.15) is 0 Å². The molecule has 5 nitrogen and oxygen atoms in total. The number of anilines is 1. The Morgan fingerprint density at radius 1 is 1.62 bits per heavy atom. The number of aromatic nitrogens is 3. The van der Waals surface area contributed by atoms with E-state index in [1.54, 1.807) is 19.5 Å². The monoisotopic (exact) mass is 178 g/mol. The third-order valence-electron chi connectivity index (χ3n) is 1.84. The van der Waals surface area contributed by atoms with Crippen LogP contribution in [0.15, 0.2) is 18.7 Å². The maximum absolute atomic E-state index is 5.75. The number of hydrogen-bond acceptors (Lipinski definition) is 4. The molecule has 0 amide bonds. The molecule has 0 aliphatic heterocycles. The fourth-order valence-corrected chi connectivity index (χ4v) is 1.29. The van der Waals surface area contributed by atoms with Gasteiger partial charge in [0.25, 0.3) is 0 Å². The Labute approximate surface area is 75.2 Å². The third-order valence-corrected chi connectivity index (χ3v) is 1.84. The van der Waals surface area contributed by atoms with E-state index in [0.717, 1.165) is 11.0 Å². The highest BCUT2D eigenvalue weighted by Gasteiger charge is 2.05. The van der Waals surface area contributed by atoms with E-state index < -0.39 is 0 Å². The summed E-state index contributed by atoms with van der Waals surface area (Å²) < 4.78 is 6.84. The summed E-state index contributed by atoms with van der Waals surface area (Å²) in [6, 6.07) is 0. The molecule has 0 atom stereocenters. The minimum atomic E-state index is 0.449. The minimum absolute atomic E-state index is 0.449. The highest BCUT2D eigenvalue weighted by Crippen LogP contribution is 2.19. The van der Waals surface area contributed by atoms with Gasteiger partial charge in [0, 0.05) is 19.5 Å². The Hall–Kier alpha value is -1.62. The lowest BCUT2D eigenvalue weighted by molar-refractivity contribution is 0.134. The van der Waals surface area contributed by atoms with Gasteiger partial charge in [-0.15, -0.1) is 0 Å². The van der Waals surface area contributed by atoms with Crippen molar-refractivity contribution in [3.8, 4) is 0 Å². The molecule has 2 aromatic rings. The van der Waals surface area contributed by atoms with Crippen molar-refractivity contribution in [2.45, 2.75) is 6.73 Å². The quantitative estimate of drug-likeness (QED) is 0.732. The standard InChI is InChI=1S/C8H10N4O/c1-13-5-12-3-7(9)6-2-10-4-11-8(6)12/h2-4H,5,9H2,1H3. The van der Waals surface area contributed by atoms with Crippen molar-refractivity contribution in [3.63, 3.8) is 0 Å². The van der Waals surface area contributed by atoms with Gasteiger partial charge in [0.05, 0.1) is 11.1 Å². The van der Waals surface area contributed by atoms with Crippen LogP contribution in [-0.2, 0) is 11.5 Å². The fourth-order valence-electron chi connectivity index (χ4n) is 1.29. The van der Waals surface area contributed by atoms with Crippen LogP contribution in [0.3, 0.4) is 0 Å². The van der Waals surface area contributed by atoms with E-state index in [1.165, 1.54) is 6.33 Å². The molecule has 2 rings (SSSR count). The summed E-state index contributed by atoms with van der Waals surface area (Å²) in [5.74, 6) is 0. The van der Waals surface area contributed by atoms with Gasteiger partial charge in [-0.2, -0.15) is 0 Å². The van der Waals surface area contributed by atoms with E-state index in [1.807, 2.05) is 4.57 Å². The molecule has 2 N–H and O–H groups in total. The van der Waals surface area contributed by atoms with Crippen molar-refractivity contribution in [3.05, 3.63) is 18.7 Å². The maximum atomic E-state index is 5.75. The lowest BCUT2D eigenvalue weighted by Crippen LogP contribution is -1.98. The molecule has 0 aromatic carbocycles. The van der Waals surface area contributed by atoms with Crippen molar-refractivity contribution in [2.24, 2.45) is 0 Å².